The van der Waals surface area contributed by atoms with E-state index in [0.29, 0.717) is 60.4 Å². The van der Waals surface area contributed by atoms with Crippen LogP contribution in [0.15, 0.2) is 53.9 Å². The highest BCUT2D eigenvalue weighted by molar-refractivity contribution is 8.17. The van der Waals surface area contributed by atoms with Crippen molar-refractivity contribution in [3.8, 4) is 34.5 Å². The summed E-state index contributed by atoms with van der Waals surface area (Å²) in [6.07, 6.45) is 4.31. The van der Waals surface area contributed by atoms with Crippen molar-refractivity contribution in [2.24, 2.45) is 5.16 Å². The SMILES string of the molecule is CCSC(SCC)[C@]1([N+](=O)[O-])CC(OCCCOc2c(OC)cc(C3CC(c4cc(OC)c(OC)c(OC)c4)=NO3)cc2OC)C(OC)CC1n1cccc1. The fourth-order valence-corrected chi connectivity index (χ4v) is 10.4. The van der Waals surface area contributed by atoms with Gasteiger partial charge in [-0.2, -0.15) is 0 Å². The van der Waals surface area contributed by atoms with Gasteiger partial charge in [-0.3, -0.25) is 10.1 Å². The maximum Gasteiger partial charge on any atom is 0.265 e. The molecule has 2 heterocycles. The smallest absolute Gasteiger partial charge is 0.265 e. The average Bonchev–Trinajstić information content (AvgIpc) is 3.93. The Morgan fingerprint density at radius 3 is 2.00 bits per heavy atom. The number of methoxy groups -OCH3 is 6. The van der Waals surface area contributed by atoms with Gasteiger partial charge >= 0.3 is 0 Å². The van der Waals surface area contributed by atoms with Crippen molar-refractivity contribution >= 4 is 29.2 Å². The predicted molar refractivity (Wildman–Crippen MR) is 214 cm³/mol. The summed E-state index contributed by atoms with van der Waals surface area (Å²) in [4.78, 5) is 19.1. The van der Waals surface area contributed by atoms with Crippen molar-refractivity contribution in [2.75, 3.05) is 67.4 Å². The molecule has 0 saturated heterocycles. The zero-order chi connectivity index (χ0) is 39.5. The van der Waals surface area contributed by atoms with Crippen molar-refractivity contribution in [2.45, 2.75) is 74.0 Å². The summed E-state index contributed by atoms with van der Waals surface area (Å²) in [7, 11) is 9.48. The van der Waals surface area contributed by atoms with E-state index in [1.165, 1.54) is 0 Å². The maximum atomic E-state index is 13.2. The monoisotopic (exact) mass is 803 g/mol. The standard InChI is InChI=1S/C39H53N3O11S2/c1-9-54-38(55-10-2)39(42(43)44)24-34(29(45-3)23-35(39)41-14-11-12-15-41)51-16-13-17-52-37-32(48-6)20-26(21-33(37)49-7)28-22-27(40-53-28)25-18-30(46-4)36(50-8)31(19-25)47-5/h11-12,14-15,18-21,28-29,34-35,38H,9-10,13,16-17,22-24H2,1-8H3/t28?,29?,34?,35?,39-/m0/s1. The lowest BCUT2D eigenvalue weighted by Gasteiger charge is -2.46. The van der Waals surface area contributed by atoms with Gasteiger partial charge in [0.25, 0.3) is 5.54 Å². The second-order valence-corrected chi connectivity index (χ2v) is 16.0. The fourth-order valence-electron chi connectivity index (χ4n) is 7.36. The van der Waals surface area contributed by atoms with Gasteiger partial charge in [0.05, 0.1) is 73.1 Å². The molecular weight excluding hydrogens is 751 g/mol. The Kier molecular flexibility index (Phi) is 15.1. The van der Waals surface area contributed by atoms with Crippen molar-refractivity contribution in [1.29, 1.82) is 0 Å². The summed E-state index contributed by atoms with van der Waals surface area (Å²) in [5, 5.41) is 17.6. The average molecular weight is 804 g/mol. The van der Waals surface area contributed by atoms with Crippen molar-refractivity contribution in [1.82, 2.24) is 4.57 Å². The lowest BCUT2D eigenvalue weighted by molar-refractivity contribution is -0.582. The molecule has 5 atom stereocenters. The number of thioether (sulfide) groups is 2. The normalized spacial score (nSPS) is 22.2. The summed E-state index contributed by atoms with van der Waals surface area (Å²) < 4.78 is 48.3. The minimum absolute atomic E-state index is 0.0574. The van der Waals surface area contributed by atoms with E-state index in [1.54, 1.807) is 66.2 Å². The van der Waals surface area contributed by atoms with Crippen LogP contribution in [0.2, 0.25) is 0 Å². The molecule has 16 heteroatoms. The van der Waals surface area contributed by atoms with Gasteiger partial charge in [-0.1, -0.05) is 19.0 Å². The first-order valence-corrected chi connectivity index (χ1v) is 20.4. The quantitative estimate of drug-likeness (QED) is 0.0456. The highest BCUT2D eigenvalue weighted by atomic mass is 32.2. The van der Waals surface area contributed by atoms with Crippen LogP contribution in [0.25, 0.3) is 0 Å². The largest absolute Gasteiger partial charge is 0.493 e. The summed E-state index contributed by atoms with van der Waals surface area (Å²) in [6, 6.07) is 10.8. The molecule has 1 saturated carbocycles. The van der Waals surface area contributed by atoms with Crippen LogP contribution in [0.3, 0.4) is 0 Å². The van der Waals surface area contributed by atoms with Crippen LogP contribution in [0.4, 0.5) is 0 Å². The molecule has 2 aliphatic rings. The number of ether oxygens (including phenoxy) is 8. The zero-order valence-electron chi connectivity index (χ0n) is 32.8. The number of hydrogen-bond acceptors (Lipinski definition) is 14. The van der Waals surface area contributed by atoms with E-state index in [9.17, 15) is 10.1 Å². The van der Waals surface area contributed by atoms with Crippen molar-refractivity contribution < 1.29 is 47.7 Å². The zero-order valence-corrected chi connectivity index (χ0v) is 34.4. The minimum Gasteiger partial charge on any atom is -0.493 e. The molecule has 14 nitrogen and oxygen atoms in total. The lowest BCUT2D eigenvalue weighted by atomic mass is 9.75. The molecule has 1 aromatic heterocycles. The Morgan fingerprint density at radius 2 is 1.47 bits per heavy atom. The second kappa shape index (κ2) is 19.7. The van der Waals surface area contributed by atoms with E-state index < -0.39 is 17.7 Å². The Labute approximate surface area is 331 Å². The van der Waals surface area contributed by atoms with Gasteiger partial charge in [0, 0.05) is 54.8 Å². The molecule has 1 aliphatic carbocycles. The van der Waals surface area contributed by atoms with Crippen molar-refractivity contribution in [3.05, 3.63) is 70.0 Å². The van der Waals surface area contributed by atoms with Gasteiger partial charge in [0.1, 0.15) is 10.6 Å². The molecule has 5 rings (SSSR count). The fraction of sp³-hybridized carbons (Fsp3) is 0.564. The Balaban J connectivity index is 1.25. The number of rotatable bonds is 21. The first-order chi connectivity index (χ1) is 26.7. The number of nitrogens with zero attached hydrogens (tertiary/aromatic N) is 3. The molecule has 1 aliphatic heterocycles. The minimum atomic E-state index is -1.26. The molecule has 0 amide bonds. The van der Waals surface area contributed by atoms with E-state index in [4.69, 9.17) is 42.7 Å². The topological polar surface area (TPSA) is 144 Å². The van der Waals surface area contributed by atoms with Crippen LogP contribution in [0.1, 0.15) is 62.8 Å². The molecule has 302 valence electrons. The van der Waals surface area contributed by atoms with Crippen LogP contribution in [0.5, 0.6) is 34.5 Å². The molecule has 55 heavy (non-hydrogen) atoms. The van der Waals surface area contributed by atoms with E-state index in [0.717, 1.165) is 28.3 Å². The van der Waals surface area contributed by atoms with Crippen LogP contribution in [-0.2, 0) is 14.3 Å². The third-order valence-electron chi connectivity index (χ3n) is 10.0. The Bertz CT molecular complexity index is 1690. The Morgan fingerprint density at radius 1 is 0.873 bits per heavy atom. The van der Waals surface area contributed by atoms with Gasteiger partial charge in [-0.25, -0.2) is 0 Å². The van der Waals surface area contributed by atoms with E-state index in [-0.39, 0.29) is 34.7 Å². The van der Waals surface area contributed by atoms with Gasteiger partial charge in [0.15, 0.2) is 29.1 Å². The summed E-state index contributed by atoms with van der Waals surface area (Å²) >= 11 is 3.27. The van der Waals surface area contributed by atoms with E-state index in [1.807, 2.05) is 67.2 Å². The molecule has 1 fully saturated rings. The molecule has 0 spiro atoms. The second-order valence-electron chi connectivity index (χ2n) is 13.0. The predicted octanol–water partition coefficient (Wildman–Crippen LogP) is 7.45. The number of nitro groups is 1. The summed E-state index contributed by atoms with van der Waals surface area (Å²) in [5.41, 5.74) is 1.04. The van der Waals surface area contributed by atoms with Gasteiger partial charge < -0.3 is 47.3 Å². The number of aromatic nitrogens is 1. The third kappa shape index (κ3) is 9.03. The van der Waals surface area contributed by atoms with Crippen LogP contribution in [0, 0.1) is 10.1 Å². The number of benzene rings is 2. The van der Waals surface area contributed by atoms with Gasteiger partial charge in [0.2, 0.25) is 11.5 Å². The summed E-state index contributed by atoms with van der Waals surface area (Å²) in [6.45, 7) is 4.70. The summed E-state index contributed by atoms with van der Waals surface area (Å²) in [5.74, 6) is 4.48. The number of hydrogen-bond donors (Lipinski definition) is 0. The van der Waals surface area contributed by atoms with E-state index >= 15 is 0 Å². The molecular formula is C39H53N3O11S2. The lowest BCUT2D eigenvalue weighted by Crippen LogP contribution is -2.61. The first kappa shape index (κ1) is 42.2. The van der Waals surface area contributed by atoms with E-state index in [2.05, 4.69) is 5.16 Å². The number of oxime groups is 1. The van der Waals surface area contributed by atoms with Crippen LogP contribution < -0.4 is 28.4 Å². The molecule has 0 N–H and O–H groups in total. The van der Waals surface area contributed by atoms with Crippen LogP contribution in [-0.4, -0.2) is 105 Å². The molecule has 2 aromatic carbocycles. The van der Waals surface area contributed by atoms with Gasteiger partial charge in [-0.05, 0) is 47.9 Å². The van der Waals surface area contributed by atoms with Crippen LogP contribution >= 0.6 is 23.5 Å². The van der Waals surface area contributed by atoms with Gasteiger partial charge in [-0.15, -0.1) is 23.5 Å². The maximum absolute atomic E-state index is 13.2. The third-order valence-corrected chi connectivity index (χ3v) is 12.9. The molecule has 0 radical (unpaired) electrons. The molecule has 0 bridgehead atoms. The highest BCUT2D eigenvalue weighted by Crippen LogP contribution is 2.51. The van der Waals surface area contributed by atoms with Crippen molar-refractivity contribution in [3.63, 3.8) is 0 Å². The highest BCUT2D eigenvalue weighted by Gasteiger charge is 2.63. The first-order valence-electron chi connectivity index (χ1n) is 18.3. The molecule has 3 aromatic rings. The molecule has 4 unspecified atom stereocenters. The Hall–Kier alpha value is -3.99.